The average Bonchev–Trinajstić information content (AvgIpc) is 3.37. The first kappa shape index (κ1) is 23.9. The van der Waals surface area contributed by atoms with E-state index in [0.29, 0.717) is 52.1 Å². The van der Waals surface area contributed by atoms with Gasteiger partial charge in [-0.3, -0.25) is 10.00 Å². The number of hydrogen-bond donors (Lipinski definition) is 3. The Morgan fingerprint density at radius 1 is 1.19 bits per heavy atom. The zero-order valence-corrected chi connectivity index (χ0v) is 20.3. The van der Waals surface area contributed by atoms with Crippen LogP contribution in [0.1, 0.15) is 29.7 Å². The third-order valence-electron chi connectivity index (χ3n) is 7.16. The molecule has 11 nitrogen and oxygen atoms in total. The van der Waals surface area contributed by atoms with Crippen LogP contribution in [0.15, 0.2) is 37.0 Å². The minimum absolute atomic E-state index is 0.0438. The molecule has 1 atom stereocenters. The average molecular weight is 494 g/mol. The number of carbonyl (C=O) groups excluding carboxylic acids is 3. The van der Waals surface area contributed by atoms with E-state index in [4.69, 9.17) is 4.74 Å². The second kappa shape index (κ2) is 10.0. The number of anilines is 1. The standard InChI is InChI=1S/C25H31N7O4/c1-16-12-30(13-18-11-26-29-22(16)18)15-21(23(33)36-2)28-24(34)31-9-7-19(8-10-31)32-14-17-5-3-4-6-20(17)27-25(32)35/h3-6,11,19,21H,1,7-10,12-15H2,2H3,(H,26,29)(H,27,35)(H,28,34). The van der Waals surface area contributed by atoms with Crippen LogP contribution in [-0.2, 0) is 22.6 Å². The number of likely N-dealkylation sites (tertiary alicyclic amines) is 1. The summed E-state index contributed by atoms with van der Waals surface area (Å²) in [7, 11) is 1.32. The Balaban J connectivity index is 1.17. The summed E-state index contributed by atoms with van der Waals surface area (Å²) in [6, 6.07) is 6.61. The van der Waals surface area contributed by atoms with Crippen LogP contribution in [0.4, 0.5) is 15.3 Å². The molecule has 0 radical (unpaired) electrons. The Labute approximate surface area is 209 Å². The molecule has 0 bridgehead atoms. The molecule has 1 aromatic heterocycles. The number of esters is 1. The summed E-state index contributed by atoms with van der Waals surface area (Å²) in [5.74, 6) is -0.495. The number of urea groups is 2. The van der Waals surface area contributed by atoms with Gasteiger partial charge >= 0.3 is 18.0 Å². The minimum atomic E-state index is -0.814. The molecule has 0 saturated carbocycles. The van der Waals surface area contributed by atoms with Crippen LogP contribution < -0.4 is 10.6 Å². The van der Waals surface area contributed by atoms with Crippen molar-refractivity contribution in [3.63, 3.8) is 0 Å². The quantitative estimate of drug-likeness (QED) is 0.548. The predicted molar refractivity (Wildman–Crippen MR) is 133 cm³/mol. The van der Waals surface area contributed by atoms with Crippen molar-refractivity contribution >= 4 is 29.3 Å². The molecule has 4 amide bonds. The molecule has 11 heteroatoms. The van der Waals surface area contributed by atoms with E-state index in [-0.39, 0.29) is 18.1 Å². The van der Waals surface area contributed by atoms with Gasteiger partial charge in [-0.25, -0.2) is 14.4 Å². The van der Waals surface area contributed by atoms with E-state index >= 15 is 0 Å². The number of aromatic nitrogens is 2. The lowest BCUT2D eigenvalue weighted by Crippen LogP contribution is -2.56. The Morgan fingerprint density at radius 3 is 2.75 bits per heavy atom. The molecule has 0 aliphatic carbocycles. The van der Waals surface area contributed by atoms with Gasteiger partial charge in [0.2, 0.25) is 0 Å². The third kappa shape index (κ3) is 4.78. The fraction of sp³-hybridized carbons (Fsp3) is 0.440. The van der Waals surface area contributed by atoms with Gasteiger partial charge in [-0.15, -0.1) is 0 Å². The van der Waals surface area contributed by atoms with Gasteiger partial charge in [0.1, 0.15) is 6.04 Å². The Kier molecular flexibility index (Phi) is 6.64. The van der Waals surface area contributed by atoms with Crippen LogP contribution >= 0.6 is 0 Å². The van der Waals surface area contributed by atoms with Gasteiger partial charge in [0, 0.05) is 56.6 Å². The molecular weight excluding hydrogens is 462 g/mol. The lowest BCUT2D eigenvalue weighted by molar-refractivity contribution is -0.143. The van der Waals surface area contributed by atoms with Crippen molar-refractivity contribution in [2.45, 2.75) is 38.0 Å². The van der Waals surface area contributed by atoms with Gasteiger partial charge in [-0.1, -0.05) is 24.8 Å². The largest absolute Gasteiger partial charge is 0.467 e. The highest BCUT2D eigenvalue weighted by Gasteiger charge is 2.34. The second-order valence-corrected chi connectivity index (χ2v) is 9.50. The Hall–Kier alpha value is -3.86. The highest BCUT2D eigenvalue weighted by molar-refractivity contribution is 5.92. The molecule has 3 aliphatic heterocycles. The zero-order chi connectivity index (χ0) is 25.2. The van der Waals surface area contributed by atoms with Crippen LogP contribution in [0.2, 0.25) is 0 Å². The number of hydrogen-bond acceptors (Lipinski definition) is 6. The summed E-state index contributed by atoms with van der Waals surface area (Å²) < 4.78 is 4.97. The highest BCUT2D eigenvalue weighted by atomic mass is 16.5. The topological polar surface area (TPSA) is 123 Å². The molecular formula is C25H31N7O4. The summed E-state index contributed by atoms with van der Waals surface area (Å²) in [5.41, 5.74) is 4.76. The fourth-order valence-corrected chi connectivity index (χ4v) is 5.23. The van der Waals surface area contributed by atoms with Crippen molar-refractivity contribution in [2.24, 2.45) is 0 Å². The van der Waals surface area contributed by atoms with Crippen molar-refractivity contribution in [3.8, 4) is 0 Å². The molecule has 1 saturated heterocycles. The molecule has 3 aliphatic rings. The van der Waals surface area contributed by atoms with Crippen molar-refractivity contribution in [1.29, 1.82) is 0 Å². The van der Waals surface area contributed by atoms with E-state index in [9.17, 15) is 14.4 Å². The third-order valence-corrected chi connectivity index (χ3v) is 7.16. The first-order chi connectivity index (χ1) is 17.4. The lowest BCUT2D eigenvalue weighted by Gasteiger charge is -2.40. The number of nitrogens with zero attached hydrogens (tertiary/aromatic N) is 4. The van der Waals surface area contributed by atoms with Gasteiger partial charge in [-0.2, -0.15) is 5.10 Å². The van der Waals surface area contributed by atoms with E-state index in [2.05, 4.69) is 27.4 Å². The minimum Gasteiger partial charge on any atom is -0.467 e. The molecule has 190 valence electrons. The van der Waals surface area contributed by atoms with Crippen LogP contribution in [0.25, 0.3) is 5.57 Å². The summed E-state index contributed by atoms with van der Waals surface area (Å²) in [6.45, 7) is 7.09. The van der Waals surface area contributed by atoms with E-state index in [1.807, 2.05) is 34.1 Å². The van der Waals surface area contributed by atoms with Gasteiger partial charge < -0.3 is 25.2 Å². The Morgan fingerprint density at radius 2 is 1.97 bits per heavy atom. The number of piperidine rings is 1. The maximum Gasteiger partial charge on any atom is 0.329 e. The summed E-state index contributed by atoms with van der Waals surface area (Å²) in [5, 5.41) is 12.8. The maximum absolute atomic E-state index is 13.1. The van der Waals surface area contributed by atoms with Crippen LogP contribution in [-0.4, -0.2) is 88.3 Å². The SMILES string of the molecule is C=C1CN(CC(NC(=O)N2CCC(N3Cc4ccccc4NC3=O)CC2)C(=O)OC)Cc2cn[nH]c21. The molecule has 5 rings (SSSR count). The number of para-hydroxylation sites is 1. The lowest BCUT2D eigenvalue weighted by atomic mass is 10.0. The van der Waals surface area contributed by atoms with E-state index in [0.717, 1.165) is 28.1 Å². The van der Waals surface area contributed by atoms with Crippen LogP contribution in [0.5, 0.6) is 0 Å². The molecule has 4 heterocycles. The summed E-state index contributed by atoms with van der Waals surface area (Å²) in [6.07, 6.45) is 3.09. The summed E-state index contributed by atoms with van der Waals surface area (Å²) in [4.78, 5) is 43.8. The number of nitrogens with one attached hydrogen (secondary N) is 3. The number of benzene rings is 1. The number of methoxy groups -OCH3 is 1. The smallest absolute Gasteiger partial charge is 0.329 e. The maximum atomic E-state index is 13.1. The summed E-state index contributed by atoms with van der Waals surface area (Å²) >= 11 is 0. The van der Waals surface area contributed by atoms with Gasteiger partial charge in [0.15, 0.2) is 0 Å². The predicted octanol–water partition coefficient (Wildman–Crippen LogP) is 2.00. The molecule has 2 aromatic rings. The number of H-pyrrole nitrogens is 1. The van der Waals surface area contributed by atoms with Gasteiger partial charge in [-0.05, 0) is 30.0 Å². The first-order valence-corrected chi connectivity index (χ1v) is 12.1. The van der Waals surface area contributed by atoms with Crippen LogP contribution in [0.3, 0.4) is 0 Å². The van der Waals surface area contributed by atoms with E-state index in [1.54, 1.807) is 11.1 Å². The molecule has 3 N–H and O–H groups in total. The van der Waals surface area contributed by atoms with E-state index < -0.39 is 12.0 Å². The molecule has 1 aromatic carbocycles. The number of fused-ring (bicyclic) bond motifs is 2. The van der Waals surface area contributed by atoms with Gasteiger partial charge in [0.05, 0.1) is 19.0 Å². The molecule has 0 spiro atoms. The van der Waals surface area contributed by atoms with Crippen LogP contribution in [0, 0.1) is 0 Å². The van der Waals surface area contributed by atoms with Gasteiger partial charge in [0.25, 0.3) is 0 Å². The Bertz CT molecular complexity index is 1170. The van der Waals surface area contributed by atoms with Crippen molar-refractivity contribution < 1.29 is 19.1 Å². The molecule has 36 heavy (non-hydrogen) atoms. The number of amides is 4. The zero-order valence-electron chi connectivity index (χ0n) is 20.3. The normalized spacial score (nSPS) is 19.2. The molecule has 1 fully saturated rings. The monoisotopic (exact) mass is 493 g/mol. The first-order valence-electron chi connectivity index (χ1n) is 12.1. The second-order valence-electron chi connectivity index (χ2n) is 9.50. The number of aromatic amines is 1. The number of ether oxygens (including phenoxy) is 1. The number of rotatable bonds is 5. The highest BCUT2D eigenvalue weighted by Crippen LogP contribution is 2.28. The van der Waals surface area contributed by atoms with E-state index in [1.165, 1.54) is 7.11 Å². The molecule has 1 unspecified atom stereocenters. The number of carbonyl (C=O) groups is 3. The van der Waals surface area contributed by atoms with Crippen molar-refractivity contribution in [1.82, 2.24) is 30.2 Å². The van der Waals surface area contributed by atoms with Crippen molar-refractivity contribution in [2.75, 3.05) is 38.6 Å². The fourth-order valence-electron chi connectivity index (χ4n) is 5.23. The van der Waals surface area contributed by atoms with Crippen molar-refractivity contribution in [3.05, 3.63) is 53.9 Å².